The largest absolute Gasteiger partial charge is 0.423 e. The van der Waals surface area contributed by atoms with E-state index in [9.17, 15) is 0 Å². The molecule has 90 valence electrons. The van der Waals surface area contributed by atoms with E-state index in [-0.39, 0.29) is 6.04 Å². The van der Waals surface area contributed by atoms with Gasteiger partial charge in [0.15, 0.2) is 0 Å². The Morgan fingerprint density at radius 2 is 2.18 bits per heavy atom. The van der Waals surface area contributed by atoms with Crippen molar-refractivity contribution in [2.45, 2.75) is 19.4 Å². The first kappa shape index (κ1) is 11.6. The Bertz CT molecular complexity index is 495. The highest BCUT2D eigenvalue weighted by atomic mass is 16.5. The average Bonchev–Trinajstić information content (AvgIpc) is 2.74. The van der Waals surface area contributed by atoms with E-state index >= 15 is 0 Å². The maximum Gasteiger partial charge on any atom is 0.340 e. The molecule has 17 heavy (non-hydrogen) atoms. The SMILES string of the molecule is CC[C@H](N)c1ccccc1Oc1ncn(C)n1. The second-order valence-electron chi connectivity index (χ2n) is 3.86. The Hall–Kier alpha value is -1.88. The van der Waals surface area contributed by atoms with E-state index in [0.29, 0.717) is 11.8 Å². The van der Waals surface area contributed by atoms with Gasteiger partial charge in [-0.15, -0.1) is 5.10 Å². The molecule has 2 N–H and O–H groups in total. The molecule has 0 radical (unpaired) electrons. The summed E-state index contributed by atoms with van der Waals surface area (Å²) in [6.07, 6.45) is 2.45. The van der Waals surface area contributed by atoms with Gasteiger partial charge in [-0.1, -0.05) is 25.1 Å². The standard InChI is InChI=1S/C12H16N4O/c1-3-10(13)9-6-4-5-7-11(9)17-12-14-8-16(2)15-12/h4-8,10H,3,13H2,1-2H3/t10-/m0/s1. The summed E-state index contributed by atoms with van der Waals surface area (Å²) in [5, 5.41) is 4.07. The lowest BCUT2D eigenvalue weighted by molar-refractivity contribution is 0.429. The van der Waals surface area contributed by atoms with E-state index in [4.69, 9.17) is 10.5 Å². The molecule has 0 aliphatic heterocycles. The zero-order valence-electron chi connectivity index (χ0n) is 10.00. The van der Waals surface area contributed by atoms with Crippen LogP contribution in [0.25, 0.3) is 0 Å². The topological polar surface area (TPSA) is 66.0 Å². The van der Waals surface area contributed by atoms with Crippen LogP contribution in [0.3, 0.4) is 0 Å². The number of para-hydroxylation sites is 1. The Morgan fingerprint density at radius 1 is 1.41 bits per heavy atom. The van der Waals surface area contributed by atoms with Crippen molar-refractivity contribution < 1.29 is 4.74 Å². The van der Waals surface area contributed by atoms with E-state index in [1.165, 1.54) is 0 Å². The van der Waals surface area contributed by atoms with Crippen LogP contribution in [0.5, 0.6) is 11.8 Å². The van der Waals surface area contributed by atoms with Crippen molar-refractivity contribution in [2.75, 3.05) is 0 Å². The molecular weight excluding hydrogens is 216 g/mol. The lowest BCUT2D eigenvalue weighted by atomic mass is 10.0. The molecule has 0 aliphatic rings. The van der Waals surface area contributed by atoms with Crippen LogP contribution in [-0.2, 0) is 7.05 Å². The van der Waals surface area contributed by atoms with Gasteiger partial charge >= 0.3 is 6.01 Å². The van der Waals surface area contributed by atoms with Gasteiger partial charge in [0.2, 0.25) is 0 Å². The summed E-state index contributed by atoms with van der Waals surface area (Å²) in [4.78, 5) is 4.03. The second-order valence-corrected chi connectivity index (χ2v) is 3.86. The fourth-order valence-electron chi connectivity index (χ4n) is 1.56. The van der Waals surface area contributed by atoms with Crippen molar-refractivity contribution in [1.82, 2.24) is 14.8 Å². The summed E-state index contributed by atoms with van der Waals surface area (Å²) < 4.78 is 7.23. The van der Waals surface area contributed by atoms with Crippen molar-refractivity contribution in [1.29, 1.82) is 0 Å². The summed E-state index contributed by atoms with van der Waals surface area (Å²) >= 11 is 0. The minimum Gasteiger partial charge on any atom is -0.423 e. The predicted molar refractivity (Wildman–Crippen MR) is 64.7 cm³/mol. The lowest BCUT2D eigenvalue weighted by Crippen LogP contribution is -2.09. The maximum absolute atomic E-state index is 6.03. The van der Waals surface area contributed by atoms with E-state index in [1.54, 1.807) is 18.1 Å². The van der Waals surface area contributed by atoms with Crippen LogP contribution in [0.4, 0.5) is 0 Å². The highest BCUT2D eigenvalue weighted by molar-refractivity contribution is 5.37. The molecule has 1 aromatic carbocycles. The number of hydrogen-bond donors (Lipinski definition) is 1. The summed E-state index contributed by atoms with van der Waals surface area (Å²) in [7, 11) is 1.80. The van der Waals surface area contributed by atoms with Gasteiger partial charge in [-0.05, 0) is 12.5 Å². The van der Waals surface area contributed by atoms with Gasteiger partial charge in [-0.25, -0.2) is 0 Å². The van der Waals surface area contributed by atoms with Gasteiger partial charge in [-0.3, -0.25) is 4.68 Å². The zero-order valence-corrected chi connectivity index (χ0v) is 10.00. The minimum atomic E-state index is -0.0325. The third-order valence-corrected chi connectivity index (χ3v) is 2.54. The van der Waals surface area contributed by atoms with E-state index in [0.717, 1.165) is 12.0 Å². The number of aryl methyl sites for hydroxylation is 1. The lowest BCUT2D eigenvalue weighted by Gasteiger charge is -2.13. The smallest absolute Gasteiger partial charge is 0.340 e. The molecule has 0 unspecified atom stereocenters. The normalized spacial score (nSPS) is 12.4. The van der Waals surface area contributed by atoms with Crippen molar-refractivity contribution in [3.8, 4) is 11.8 Å². The fraction of sp³-hybridized carbons (Fsp3) is 0.333. The Balaban J connectivity index is 2.26. The minimum absolute atomic E-state index is 0.0325. The van der Waals surface area contributed by atoms with E-state index in [2.05, 4.69) is 10.1 Å². The fourth-order valence-corrected chi connectivity index (χ4v) is 1.56. The number of aromatic nitrogens is 3. The van der Waals surface area contributed by atoms with E-state index in [1.807, 2.05) is 31.2 Å². The van der Waals surface area contributed by atoms with Crippen LogP contribution in [-0.4, -0.2) is 14.8 Å². The second kappa shape index (κ2) is 4.97. The number of nitrogens with zero attached hydrogens (tertiary/aromatic N) is 3. The molecule has 0 saturated heterocycles. The highest BCUT2D eigenvalue weighted by Crippen LogP contribution is 2.28. The predicted octanol–water partition coefficient (Wildman–Crippen LogP) is 2.02. The third kappa shape index (κ3) is 2.62. The molecule has 5 heteroatoms. The number of hydrogen-bond acceptors (Lipinski definition) is 4. The maximum atomic E-state index is 6.03. The molecule has 0 aliphatic carbocycles. The first-order valence-electron chi connectivity index (χ1n) is 5.58. The molecule has 1 heterocycles. The van der Waals surface area contributed by atoms with Crippen LogP contribution in [0, 0.1) is 0 Å². The molecule has 0 fully saturated rings. The molecule has 0 amide bonds. The van der Waals surface area contributed by atoms with Crippen LogP contribution < -0.4 is 10.5 Å². The van der Waals surface area contributed by atoms with Crippen molar-refractivity contribution in [2.24, 2.45) is 12.8 Å². The molecular formula is C12H16N4O. The van der Waals surface area contributed by atoms with Gasteiger partial charge in [0.05, 0.1) is 0 Å². The van der Waals surface area contributed by atoms with Crippen LogP contribution in [0.1, 0.15) is 24.9 Å². The quantitative estimate of drug-likeness (QED) is 0.875. The molecule has 5 nitrogen and oxygen atoms in total. The summed E-state index contributed by atoms with van der Waals surface area (Å²) in [5.41, 5.74) is 7.00. The van der Waals surface area contributed by atoms with Gasteiger partial charge in [-0.2, -0.15) is 4.98 Å². The molecule has 2 aromatic rings. The Kier molecular flexibility index (Phi) is 3.39. The first-order valence-corrected chi connectivity index (χ1v) is 5.58. The van der Waals surface area contributed by atoms with Crippen LogP contribution >= 0.6 is 0 Å². The number of nitrogens with two attached hydrogens (primary N) is 1. The van der Waals surface area contributed by atoms with E-state index < -0.39 is 0 Å². The molecule has 1 atom stereocenters. The zero-order chi connectivity index (χ0) is 12.3. The first-order chi connectivity index (χ1) is 8.20. The summed E-state index contributed by atoms with van der Waals surface area (Å²) in [5.74, 6) is 0.716. The van der Waals surface area contributed by atoms with Gasteiger partial charge < -0.3 is 10.5 Å². The summed E-state index contributed by atoms with van der Waals surface area (Å²) in [6.45, 7) is 2.04. The van der Waals surface area contributed by atoms with Crippen LogP contribution in [0.2, 0.25) is 0 Å². The molecule has 0 spiro atoms. The monoisotopic (exact) mass is 232 g/mol. The third-order valence-electron chi connectivity index (χ3n) is 2.54. The van der Waals surface area contributed by atoms with Crippen molar-refractivity contribution >= 4 is 0 Å². The van der Waals surface area contributed by atoms with Crippen molar-refractivity contribution in [3.63, 3.8) is 0 Å². The van der Waals surface area contributed by atoms with Gasteiger partial charge in [0.25, 0.3) is 0 Å². The Morgan fingerprint density at radius 3 is 2.82 bits per heavy atom. The summed E-state index contributed by atoms with van der Waals surface area (Å²) in [6, 6.07) is 8.00. The molecule has 1 aromatic heterocycles. The molecule has 2 rings (SSSR count). The van der Waals surface area contributed by atoms with Gasteiger partial charge in [0, 0.05) is 18.7 Å². The number of rotatable bonds is 4. The van der Waals surface area contributed by atoms with Crippen molar-refractivity contribution in [3.05, 3.63) is 36.2 Å². The average molecular weight is 232 g/mol. The van der Waals surface area contributed by atoms with Gasteiger partial charge in [0.1, 0.15) is 12.1 Å². The Labute approximate surface area is 100 Å². The number of benzene rings is 1. The van der Waals surface area contributed by atoms with Crippen LogP contribution in [0.15, 0.2) is 30.6 Å². The molecule has 0 saturated carbocycles. The molecule has 0 bridgehead atoms. The highest BCUT2D eigenvalue weighted by Gasteiger charge is 2.11. The number of ether oxygens (including phenoxy) is 1.